The molecule has 2 aromatic rings. The van der Waals surface area contributed by atoms with Crippen molar-refractivity contribution in [2.45, 2.75) is 31.6 Å². The van der Waals surface area contributed by atoms with Gasteiger partial charge in [-0.05, 0) is 48.4 Å². The first-order valence-electron chi connectivity index (χ1n) is 8.77. The Hall–Kier alpha value is -2.69. The van der Waals surface area contributed by atoms with Crippen LogP contribution in [0, 0.1) is 0 Å². The fraction of sp³-hybridized carbons (Fsp3) is 0.350. The average Bonchev–Trinajstić information content (AvgIpc) is 2.66. The molecule has 1 atom stereocenters. The van der Waals surface area contributed by atoms with Crippen molar-refractivity contribution in [2.75, 3.05) is 13.1 Å². The van der Waals surface area contributed by atoms with E-state index in [0.717, 1.165) is 19.3 Å². The third-order valence-corrected chi connectivity index (χ3v) is 4.58. The highest BCUT2D eigenvalue weighted by Crippen LogP contribution is 2.33. The Morgan fingerprint density at radius 1 is 1.08 bits per heavy atom. The Balaban J connectivity index is 1.41. The zero-order valence-electron chi connectivity index (χ0n) is 14.2. The number of aryl methyl sites for hydroxylation is 1. The first-order valence-corrected chi connectivity index (χ1v) is 8.77. The van der Waals surface area contributed by atoms with Gasteiger partial charge in [-0.15, -0.1) is 0 Å². The van der Waals surface area contributed by atoms with Crippen molar-refractivity contribution in [3.05, 3.63) is 65.5 Å². The summed E-state index contributed by atoms with van der Waals surface area (Å²) in [5, 5.41) is 5.68. The van der Waals surface area contributed by atoms with Crippen LogP contribution in [-0.2, 0) is 11.2 Å². The second-order valence-corrected chi connectivity index (χ2v) is 6.34. The molecule has 3 rings (SSSR count). The minimum Gasteiger partial charge on any atom is -0.354 e. The molecular formula is C20H23N3O2. The number of pyridine rings is 1. The van der Waals surface area contributed by atoms with Gasteiger partial charge in [-0.3, -0.25) is 14.6 Å². The molecule has 1 aromatic carbocycles. The van der Waals surface area contributed by atoms with Crippen molar-refractivity contribution < 1.29 is 9.59 Å². The number of aromatic nitrogens is 1. The predicted molar refractivity (Wildman–Crippen MR) is 96.3 cm³/mol. The van der Waals surface area contributed by atoms with Crippen LogP contribution in [0.4, 0.5) is 0 Å². The summed E-state index contributed by atoms with van der Waals surface area (Å²) in [6.07, 6.45) is 6.95. The van der Waals surface area contributed by atoms with Crippen LogP contribution in [0.25, 0.3) is 0 Å². The lowest BCUT2D eigenvalue weighted by Crippen LogP contribution is -2.35. The van der Waals surface area contributed by atoms with E-state index >= 15 is 0 Å². The quantitative estimate of drug-likeness (QED) is 0.795. The molecule has 1 aromatic heterocycles. The first-order chi connectivity index (χ1) is 12.2. The minimum atomic E-state index is -0.177. The van der Waals surface area contributed by atoms with E-state index in [0.29, 0.717) is 31.0 Å². The van der Waals surface area contributed by atoms with Gasteiger partial charge < -0.3 is 10.6 Å². The van der Waals surface area contributed by atoms with E-state index in [2.05, 4.69) is 33.8 Å². The summed E-state index contributed by atoms with van der Waals surface area (Å²) in [6, 6.07) is 11.8. The van der Waals surface area contributed by atoms with Crippen LogP contribution in [0.15, 0.2) is 48.8 Å². The Bertz CT molecular complexity index is 731. The predicted octanol–water partition coefficient (Wildman–Crippen LogP) is 2.44. The summed E-state index contributed by atoms with van der Waals surface area (Å²) in [5.74, 6) is 0.163. The molecular weight excluding hydrogens is 314 g/mol. The van der Waals surface area contributed by atoms with Crippen molar-refractivity contribution in [1.82, 2.24) is 15.6 Å². The summed E-state index contributed by atoms with van der Waals surface area (Å²) < 4.78 is 0. The number of hydrogen-bond acceptors (Lipinski definition) is 3. The number of amides is 2. The molecule has 5 heteroatoms. The van der Waals surface area contributed by atoms with Crippen LogP contribution < -0.4 is 10.6 Å². The number of benzene rings is 1. The lowest BCUT2D eigenvalue weighted by Gasteiger charge is -2.25. The zero-order chi connectivity index (χ0) is 17.5. The fourth-order valence-electron chi connectivity index (χ4n) is 3.34. The Kier molecular flexibility index (Phi) is 5.77. The van der Waals surface area contributed by atoms with E-state index in [1.54, 1.807) is 18.3 Å². The van der Waals surface area contributed by atoms with Crippen molar-refractivity contribution >= 4 is 11.8 Å². The number of nitrogens with zero attached hydrogens (tertiary/aromatic N) is 1. The lowest BCUT2D eigenvalue weighted by molar-refractivity contribution is -0.121. The number of rotatable bonds is 6. The highest BCUT2D eigenvalue weighted by Gasteiger charge is 2.22. The molecule has 0 fully saturated rings. The summed E-state index contributed by atoms with van der Waals surface area (Å²) >= 11 is 0. The van der Waals surface area contributed by atoms with Gasteiger partial charge in [-0.1, -0.05) is 24.3 Å². The summed E-state index contributed by atoms with van der Waals surface area (Å²) in [7, 11) is 0. The molecule has 130 valence electrons. The van der Waals surface area contributed by atoms with Gasteiger partial charge in [0.1, 0.15) is 0 Å². The second kappa shape index (κ2) is 8.42. The van der Waals surface area contributed by atoms with Gasteiger partial charge in [0.25, 0.3) is 5.91 Å². The molecule has 0 spiro atoms. The van der Waals surface area contributed by atoms with Gasteiger partial charge in [-0.25, -0.2) is 0 Å². The van der Waals surface area contributed by atoms with Crippen molar-refractivity contribution in [3.63, 3.8) is 0 Å². The molecule has 2 amide bonds. The van der Waals surface area contributed by atoms with E-state index in [1.807, 2.05) is 6.07 Å². The van der Waals surface area contributed by atoms with E-state index in [9.17, 15) is 9.59 Å². The molecule has 0 saturated heterocycles. The third-order valence-electron chi connectivity index (χ3n) is 4.58. The molecule has 1 heterocycles. The smallest absolute Gasteiger partial charge is 0.252 e. The van der Waals surface area contributed by atoms with Gasteiger partial charge in [0.2, 0.25) is 5.91 Å². The number of nitrogens with one attached hydrogen (secondary N) is 2. The molecule has 1 aliphatic rings. The molecule has 0 radical (unpaired) electrons. The van der Waals surface area contributed by atoms with Crippen molar-refractivity contribution in [2.24, 2.45) is 0 Å². The van der Waals surface area contributed by atoms with Gasteiger partial charge in [0.05, 0.1) is 5.56 Å². The average molecular weight is 337 g/mol. The molecule has 0 saturated carbocycles. The van der Waals surface area contributed by atoms with Gasteiger partial charge in [-0.2, -0.15) is 0 Å². The fourth-order valence-corrected chi connectivity index (χ4v) is 3.34. The third kappa shape index (κ3) is 4.66. The van der Waals surface area contributed by atoms with Crippen LogP contribution >= 0.6 is 0 Å². The summed E-state index contributed by atoms with van der Waals surface area (Å²) in [6.45, 7) is 0.833. The van der Waals surface area contributed by atoms with Gasteiger partial charge >= 0.3 is 0 Å². The normalized spacial score (nSPS) is 15.9. The second-order valence-electron chi connectivity index (χ2n) is 6.34. The molecule has 5 nitrogen and oxygen atoms in total. The highest BCUT2D eigenvalue weighted by atomic mass is 16.2. The van der Waals surface area contributed by atoms with Crippen molar-refractivity contribution in [3.8, 4) is 0 Å². The molecule has 25 heavy (non-hydrogen) atoms. The highest BCUT2D eigenvalue weighted by molar-refractivity contribution is 5.93. The summed E-state index contributed by atoms with van der Waals surface area (Å²) in [4.78, 5) is 28.0. The van der Waals surface area contributed by atoms with Crippen LogP contribution in [0.5, 0.6) is 0 Å². The topological polar surface area (TPSA) is 71.1 Å². The van der Waals surface area contributed by atoms with Gasteiger partial charge in [0, 0.05) is 31.9 Å². The number of fused-ring (bicyclic) bond motifs is 1. The van der Waals surface area contributed by atoms with Gasteiger partial charge in [0.15, 0.2) is 0 Å². The molecule has 1 aliphatic carbocycles. The van der Waals surface area contributed by atoms with Crippen LogP contribution in [0.3, 0.4) is 0 Å². The van der Waals surface area contributed by atoms with Crippen molar-refractivity contribution in [1.29, 1.82) is 0 Å². The standard InChI is InChI=1S/C20H23N3O2/c24-19(13-16-7-3-6-15-5-1-2-9-18(15)16)22-11-12-23-20(25)17-8-4-10-21-14-17/h1-2,4-5,8-10,14,16H,3,6-7,11-13H2,(H,22,24)(H,23,25). The Morgan fingerprint density at radius 2 is 1.92 bits per heavy atom. The Labute approximate surface area is 147 Å². The molecule has 1 unspecified atom stereocenters. The van der Waals surface area contributed by atoms with E-state index in [-0.39, 0.29) is 11.8 Å². The van der Waals surface area contributed by atoms with Crippen LogP contribution in [0.1, 0.15) is 46.7 Å². The minimum absolute atomic E-state index is 0.0392. The number of carbonyl (C=O) groups excluding carboxylic acids is 2. The lowest BCUT2D eigenvalue weighted by atomic mass is 9.81. The van der Waals surface area contributed by atoms with Crippen LogP contribution in [-0.4, -0.2) is 29.9 Å². The number of hydrogen-bond donors (Lipinski definition) is 2. The first kappa shape index (κ1) is 17.1. The number of carbonyl (C=O) groups is 2. The Morgan fingerprint density at radius 3 is 2.76 bits per heavy atom. The zero-order valence-corrected chi connectivity index (χ0v) is 14.2. The maximum Gasteiger partial charge on any atom is 0.252 e. The molecule has 0 bridgehead atoms. The monoisotopic (exact) mass is 337 g/mol. The maximum atomic E-state index is 12.2. The largest absolute Gasteiger partial charge is 0.354 e. The van der Waals surface area contributed by atoms with Crippen LogP contribution in [0.2, 0.25) is 0 Å². The van der Waals surface area contributed by atoms with E-state index < -0.39 is 0 Å². The SMILES string of the molecule is O=C(CC1CCCc2ccccc21)NCCNC(=O)c1cccnc1. The van der Waals surface area contributed by atoms with E-state index in [1.165, 1.54) is 17.3 Å². The van der Waals surface area contributed by atoms with E-state index in [4.69, 9.17) is 0 Å². The molecule has 0 aliphatic heterocycles. The molecule has 2 N–H and O–H groups in total. The maximum absolute atomic E-state index is 12.2. The summed E-state index contributed by atoms with van der Waals surface area (Å²) in [5.41, 5.74) is 3.21.